The number of hydrogen-bond acceptors (Lipinski definition) is 4. The lowest BCUT2D eigenvalue weighted by Crippen LogP contribution is -2.33. The van der Waals surface area contributed by atoms with Gasteiger partial charge in [-0.05, 0) is 25.1 Å². The lowest BCUT2D eigenvalue weighted by Gasteiger charge is -2.20. The number of benzene rings is 1. The summed E-state index contributed by atoms with van der Waals surface area (Å²) in [6.45, 7) is 1.35. The molecule has 0 saturated carbocycles. The molecule has 2 N–H and O–H groups in total. The molecule has 1 rings (SSSR count). The maximum Gasteiger partial charge on any atom is 0.251 e. The van der Waals surface area contributed by atoms with E-state index in [9.17, 15) is 8.42 Å². The minimum atomic E-state index is -3.64. The summed E-state index contributed by atoms with van der Waals surface area (Å²) < 4.78 is 24.7. The van der Waals surface area contributed by atoms with Crippen molar-refractivity contribution in [3.63, 3.8) is 0 Å². The molecule has 0 saturated heterocycles. The quantitative estimate of drug-likeness (QED) is 0.795. The molecule has 1 atom stereocenters. The molecule has 0 amide bonds. The van der Waals surface area contributed by atoms with E-state index in [-0.39, 0.29) is 0 Å². The molecule has 0 radical (unpaired) electrons. The molecule has 0 aliphatic rings. The molecule has 16 heavy (non-hydrogen) atoms. The van der Waals surface area contributed by atoms with Crippen LogP contribution in [-0.4, -0.2) is 20.7 Å². The first-order chi connectivity index (χ1) is 7.39. The van der Waals surface area contributed by atoms with E-state index in [0.717, 1.165) is 4.31 Å². The number of rotatable bonds is 3. The van der Waals surface area contributed by atoms with Gasteiger partial charge in [-0.15, -0.1) is 0 Å². The summed E-state index contributed by atoms with van der Waals surface area (Å²) in [5.74, 6) is 0. The van der Waals surface area contributed by atoms with Crippen LogP contribution in [0, 0.1) is 11.3 Å². The lowest BCUT2D eigenvalue weighted by molar-refractivity contribution is 0.590. The third-order valence-corrected chi connectivity index (χ3v) is 4.22. The van der Waals surface area contributed by atoms with Crippen molar-refractivity contribution in [1.29, 1.82) is 5.26 Å². The Morgan fingerprint density at radius 1 is 1.50 bits per heavy atom. The van der Waals surface area contributed by atoms with Crippen molar-refractivity contribution in [2.75, 3.05) is 17.1 Å². The van der Waals surface area contributed by atoms with Gasteiger partial charge >= 0.3 is 0 Å². The second-order valence-electron chi connectivity index (χ2n) is 3.38. The zero-order valence-electron chi connectivity index (χ0n) is 9.08. The summed E-state index contributed by atoms with van der Waals surface area (Å²) >= 11 is 0. The number of hydrogen-bond donors (Lipinski definition) is 1. The third kappa shape index (κ3) is 2.25. The molecule has 1 unspecified atom stereocenters. The number of nitrogen functional groups attached to an aromatic ring is 1. The summed E-state index contributed by atoms with van der Waals surface area (Å²) in [5, 5.41) is 7.56. The molecular weight excluding hydrogens is 226 g/mol. The highest BCUT2D eigenvalue weighted by Gasteiger charge is 2.25. The molecule has 0 spiro atoms. The number of nitrogens with zero attached hydrogens (tertiary/aromatic N) is 2. The highest BCUT2D eigenvalue weighted by atomic mass is 32.2. The largest absolute Gasteiger partial charge is 0.399 e. The van der Waals surface area contributed by atoms with Gasteiger partial charge in [0.2, 0.25) is 0 Å². The predicted octanol–water partition coefficient (Wildman–Crippen LogP) is 0.947. The van der Waals surface area contributed by atoms with E-state index in [2.05, 4.69) is 0 Å². The first-order valence-electron chi connectivity index (χ1n) is 4.62. The zero-order chi connectivity index (χ0) is 12.3. The maximum absolute atomic E-state index is 11.8. The van der Waals surface area contributed by atoms with Crippen LogP contribution in [0.2, 0.25) is 0 Å². The number of nitriles is 1. The van der Waals surface area contributed by atoms with Gasteiger partial charge in [-0.1, -0.05) is 6.07 Å². The molecular formula is C10H13N3O2S. The van der Waals surface area contributed by atoms with Gasteiger partial charge in [0.25, 0.3) is 10.0 Å². The van der Waals surface area contributed by atoms with Crippen molar-refractivity contribution in [3.05, 3.63) is 24.3 Å². The molecule has 6 heteroatoms. The van der Waals surface area contributed by atoms with Gasteiger partial charge in [0.1, 0.15) is 0 Å². The Balaban J connectivity index is 3.13. The number of nitrogens with two attached hydrogens (primary N) is 1. The number of sulfonamides is 1. The van der Waals surface area contributed by atoms with Crippen LogP contribution >= 0.6 is 0 Å². The van der Waals surface area contributed by atoms with Gasteiger partial charge in [0, 0.05) is 12.7 Å². The average Bonchev–Trinajstić information content (AvgIpc) is 2.26. The van der Waals surface area contributed by atoms with Crippen LogP contribution < -0.4 is 10.0 Å². The standard InChI is InChI=1S/C10H13N3O2S/c1-8(7-11)16(14,15)13(2)10-5-3-4-9(12)6-10/h3-6,8H,12H2,1-2H3. The molecule has 86 valence electrons. The Bertz CT molecular complexity index is 519. The topological polar surface area (TPSA) is 87.2 Å². The van der Waals surface area contributed by atoms with Crippen LogP contribution in [0.4, 0.5) is 11.4 Å². The van der Waals surface area contributed by atoms with Gasteiger partial charge in [0.05, 0.1) is 11.8 Å². The monoisotopic (exact) mass is 239 g/mol. The van der Waals surface area contributed by atoms with Gasteiger partial charge < -0.3 is 5.73 Å². The fraction of sp³-hybridized carbons (Fsp3) is 0.300. The Labute approximate surface area is 95.1 Å². The minimum Gasteiger partial charge on any atom is -0.399 e. The first-order valence-corrected chi connectivity index (χ1v) is 6.13. The molecule has 1 aromatic rings. The molecule has 0 heterocycles. The predicted molar refractivity (Wildman–Crippen MR) is 63.3 cm³/mol. The van der Waals surface area contributed by atoms with Crippen LogP contribution in [0.15, 0.2) is 24.3 Å². The summed E-state index contributed by atoms with van der Waals surface area (Å²) in [4.78, 5) is 0. The van der Waals surface area contributed by atoms with Crippen molar-refractivity contribution in [2.24, 2.45) is 0 Å². The van der Waals surface area contributed by atoms with Crippen LogP contribution in [0.25, 0.3) is 0 Å². The fourth-order valence-electron chi connectivity index (χ4n) is 1.17. The van der Waals surface area contributed by atoms with Crippen LogP contribution in [0.3, 0.4) is 0 Å². The van der Waals surface area contributed by atoms with Crippen LogP contribution in [0.5, 0.6) is 0 Å². The fourth-order valence-corrected chi connectivity index (χ4v) is 2.19. The maximum atomic E-state index is 11.8. The van der Waals surface area contributed by atoms with Gasteiger partial charge in [-0.3, -0.25) is 4.31 Å². The van der Waals surface area contributed by atoms with Crippen LogP contribution in [-0.2, 0) is 10.0 Å². The van der Waals surface area contributed by atoms with Crippen molar-refractivity contribution in [1.82, 2.24) is 0 Å². The average molecular weight is 239 g/mol. The van der Waals surface area contributed by atoms with Crippen molar-refractivity contribution in [2.45, 2.75) is 12.2 Å². The third-order valence-electron chi connectivity index (χ3n) is 2.24. The van der Waals surface area contributed by atoms with E-state index < -0.39 is 15.3 Å². The van der Waals surface area contributed by atoms with E-state index >= 15 is 0 Å². The minimum absolute atomic E-state index is 0.446. The smallest absolute Gasteiger partial charge is 0.251 e. The first kappa shape index (κ1) is 12.3. The highest BCUT2D eigenvalue weighted by Crippen LogP contribution is 2.20. The SMILES string of the molecule is CC(C#N)S(=O)(=O)N(C)c1cccc(N)c1. The summed E-state index contributed by atoms with van der Waals surface area (Å²) in [6, 6.07) is 8.20. The Kier molecular flexibility index (Phi) is 3.40. The Morgan fingerprint density at radius 3 is 2.62 bits per heavy atom. The second kappa shape index (κ2) is 4.41. The summed E-state index contributed by atoms with van der Waals surface area (Å²) in [6.07, 6.45) is 0. The summed E-state index contributed by atoms with van der Waals surface area (Å²) in [7, 11) is -2.24. The summed E-state index contributed by atoms with van der Waals surface area (Å²) in [5.41, 5.74) is 6.48. The highest BCUT2D eigenvalue weighted by molar-refractivity contribution is 7.93. The normalized spacial score (nSPS) is 12.8. The van der Waals surface area contributed by atoms with E-state index in [1.807, 2.05) is 0 Å². The second-order valence-corrected chi connectivity index (χ2v) is 5.66. The molecule has 0 fully saturated rings. The Hall–Kier alpha value is -1.74. The van der Waals surface area contributed by atoms with Gasteiger partial charge in [-0.25, -0.2) is 8.42 Å². The Morgan fingerprint density at radius 2 is 2.12 bits per heavy atom. The van der Waals surface area contributed by atoms with E-state index in [4.69, 9.17) is 11.0 Å². The van der Waals surface area contributed by atoms with Crippen molar-refractivity contribution >= 4 is 21.4 Å². The molecule has 0 aliphatic carbocycles. The van der Waals surface area contributed by atoms with E-state index in [1.165, 1.54) is 14.0 Å². The molecule has 0 aliphatic heterocycles. The molecule has 0 aromatic heterocycles. The molecule has 1 aromatic carbocycles. The van der Waals surface area contributed by atoms with Gasteiger partial charge in [-0.2, -0.15) is 5.26 Å². The van der Waals surface area contributed by atoms with Gasteiger partial charge in [0.15, 0.2) is 5.25 Å². The van der Waals surface area contributed by atoms with E-state index in [1.54, 1.807) is 30.3 Å². The number of anilines is 2. The van der Waals surface area contributed by atoms with Crippen molar-refractivity contribution in [3.8, 4) is 6.07 Å². The van der Waals surface area contributed by atoms with Crippen molar-refractivity contribution < 1.29 is 8.42 Å². The van der Waals surface area contributed by atoms with E-state index in [0.29, 0.717) is 11.4 Å². The lowest BCUT2D eigenvalue weighted by atomic mass is 10.3. The zero-order valence-corrected chi connectivity index (χ0v) is 9.90. The van der Waals surface area contributed by atoms with Crippen LogP contribution in [0.1, 0.15) is 6.92 Å². The molecule has 5 nitrogen and oxygen atoms in total. The molecule has 0 bridgehead atoms.